The Morgan fingerprint density at radius 2 is 2.07 bits per heavy atom. The van der Waals surface area contributed by atoms with Crippen LogP contribution in [0, 0.1) is 6.92 Å². The van der Waals surface area contributed by atoms with Gasteiger partial charge in [0.25, 0.3) is 5.91 Å². The minimum Gasteiger partial charge on any atom is -0.493 e. The second-order valence-corrected chi connectivity index (χ2v) is 8.11. The fourth-order valence-electron chi connectivity index (χ4n) is 2.99. The summed E-state index contributed by atoms with van der Waals surface area (Å²) in [4.78, 5) is 19.0. The zero-order valence-corrected chi connectivity index (χ0v) is 17.7. The average molecular weight is 432 g/mol. The number of aryl methyl sites for hydroxylation is 1. The van der Waals surface area contributed by atoms with Crippen molar-refractivity contribution in [1.29, 1.82) is 0 Å². The third kappa shape index (κ3) is 5.38. The number of carbonyl (C=O) groups is 1. The number of methoxy groups -OCH3 is 1. The molecule has 158 valence electrons. The Balaban J connectivity index is 1.85. The van der Waals surface area contributed by atoms with E-state index in [0.29, 0.717) is 17.3 Å². The Morgan fingerprint density at radius 3 is 2.77 bits per heavy atom. The highest BCUT2D eigenvalue weighted by Crippen LogP contribution is 2.34. The maximum atomic E-state index is 12.8. The largest absolute Gasteiger partial charge is 0.493 e. The van der Waals surface area contributed by atoms with Crippen LogP contribution in [0.3, 0.4) is 0 Å². The molecular weight excluding hydrogens is 410 g/mol. The number of rotatable bonds is 6. The van der Waals surface area contributed by atoms with Gasteiger partial charge in [0.05, 0.1) is 12.8 Å². The lowest BCUT2D eigenvalue weighted by Gasteiger charge is -2.14. The van der Waals surface area contributed by atoms with Gasteiger partial charge in [-0.05, 0) is 36.8 Å². The van der Waals surface area contributed by atoms with E-state index < -0.39 is 6.61 Å². The van der Waals surface area contributed by atoms with Crippen molar-refractivity contribution < 1.29 is 23.0 Å². The van der Waals surface area contributed by atoms with Crippen LogP contribution in [0.2, 0.25) is 0 Å². The summed E-state index contributed by atoms with van der Waals surface area (Å²) in [5.74, 6) is -0.238. The molecule has 30 heavy (non-hydrogen) atoms. The molecule has 0 radical (unpaired) electrons. The van der Waals surface area contributed by atoms with Crippen molar-refractivity contribution in [2.45, 2.75) is 25.7 Å². The van der Waals surface area contributed by atoms with Crippen molar-refractivity contribution in [2.75, 3.05) is 13.7 Å². The number of thioether (sulfide) groups is 1. The molecule has 3 rings (SSSR count). The monoisotopic (exact) mass is 432 g/mol. The van der Waals surface area contributed by atoms with E-state index in [1.165, 1.54) is 37.1 Å². The quantitative estimate of drug-likeness (QED) is 0.584. The smallest absolute Gasteiger partial charge is 0.387 e. The highest BCUT2D eigenvalue weighted by Gasteiger charge is 2.29. The molecule has 2 aromatic carbocycles. The Bertz CT molecular complexity index is 979. The molecule has 0 spiro atoms. The van der Waals surface area contributed by atoms with Crippen molar-refractivity contribution in [1.82, 2.24) is 4.90 Å². The van der Waals surface area contributed by atoms with Gasteiger partial charge in [-0.25, -0.2) is 4.99 Å². The molecule has 1 aliphatic heterocycles. The van der Waals surface area contributed by atoms with Crippen molar-refractivity contribution in [3.63, 3.8) is 0 Å². The highest BCUT2D eigenvalue weighted by atomic mass is 32.2. The predicted octanol–water partition coefficient (Wildman–Crippen LogP) is 5.27. The summed E-state index contributed by atoms with van der Waals surface area (Å²) in [6, 6.07) is 12.4. The summed E-state index contributed by atoms with van der Waals surface area (Å²) in [6.45, 7) is 1.50. The highest BCUT2D eigenvalue weighted by molar-refractivity contribution is 8.14. The molecular formula is C22H22F2N2O3S. The first kappa shape index (κ1) is 21.8. The normalized spacial score (nSPS) is 17.9. The molecule has 1 fully saturated rings. The summed E-state index contributed by atoms with van der Waals surface area (Å²) < 4.78 is 35.3. The van der Waals surface area contributed by atoms with Crippen LogP contribution in [-0.4, -0.2) is 41.5 Å². The van der Waals surface area contributed by atoms with Crippen LogP contribution in [-0.2, 0) is 4.79 Å². The number of hydrogen-bond donors (Lipinski definition) is 0. The number of halogens is 2. The summed E-state index contributed by atoms with van der Waals surface area (Å²) >= 11 is 1.52. The Morgan fingerprint density at radius 1 is 1.30 bits per heavy atom. The van der Waals surface area contributed by atoms with Crippen molar-refractivity contribution in [3.8, 4) is 11.5 Å². The maximum Gasteiger partial charge on any atom is 0.387 e. The van der Waals surface area contributed by atoms with E-state index in [-0.39, 0.29) is 22.7 Å². The lowest BCUT2D eigenvalue weighted by Crippen LogP contribution is -2.30. The van der Waals surface area contributed by atoms with E-state index in [2.05, 4.69) is 9.73 Å². The average Bonchev–Trinajstić information content (AvgIpc) is 3.06. The Hall–Kier alpha value is -2.87. The topological polar surface area (TPSA) is 51.1 Å². The number of alkyl halides is 2. The van der Waals surface area contributed by atoms with Gasteiger partial charge in [0.1, 0.15) is 0 Å². The van der Waals surface area contributed by atoms with Crippen LogP contribution in [0.4, 0.5) is 14.5 Å². The first-order valence-corrected chi connectivity index (χ1v) is 10.2. The van der Waals surface area contributed by atoms with E-state index >= 15 is 0 Å². The van der Waals surface area contributed by atoms with E-state index in [9.17, 15) is 13.6 Å². The summed E-state index contributed by atoms with van der Waals surface area (Å²) in [5, 5.41) is 0.804. The van der Waals surface area contributed by atoms with Crippen LogP contribution in [0.1, 0.15) is 18.1 Å². The second kappa shape index (κ2) is 9.75. The lowest BCUT2D eigenvalue weighted by molar-refractivity contribution is -0.122. The number of nitrogens with zero attached hydrogens (tertiary/aromatic N) is 2. The van der Waals surface area contributed by atoms with Gasteiger partial charge in [0, 0.05) is 23.4 Å². The molecule has 0 saturated carbocycles. The Kier molecular flexibility index (Phi) is 7.10. The van der Waals surface area contributed by atoms with Gasteiger partial charge < -0.3 is 9.47 Å². The maximum absolute atomic E-state index is 12.8. The number of amidine groups is 1. The molecule has 0 bridgehead atoms. The third-order valence-corrected chi connectivity index (χ3v) is 5.39. The lowest BCUT2D eigenvalue weighted by atomic mass is 10.1. The number of carbonyl (C=O) groups excluding carboxylic acids is 1. The van der Waals surface area contributed by atoms with Crippen LogP contribution < -0.4 is 9.47 Å². The molecule has 1 unspecified atom stereocenters. The molecule has 1 amide bonds. The number of amides is 1. The number of para-hydroxylation sites is 1. The zero-order chi connectivity index (χ0) is 21.7. The van der Waals surface area contributed by atoms with Gasteiger partial charge in [-0.15, -0.1) is 0 Å². The first-order valence-electron chi connectivity index (χ1n) is 9.30. The number of hydrogen-bond acceptors (Lipinski definition) is 5. The summed E-state index contributed by atoms with van der Waals surface area (Å²) in [6.07, 6.45) is 2.78. The molecule has 0 aliphatic carbocycles. The van der Waals surface area contributed by atoms with Crippen molar-refractivity contribution in [2.24, 2.45) is 4.99 Å². The SMILES string of the molecule is COc1cccc(/C=C/C(=O)N2CC(C)SC2=Nc2cccc(C)c2)c1OC(F)F. The molecule has 0 aromatic heterocycles. The van der Waals surface area contributed by atoms with E-state index in [4.69, 9.17) is 4.74 Å². The summed E-state index contributed by atoms with van der Waals surface area (Å²) in [5.41, 5.74) is 2.17. The zero-order valence-electron chi connectivity index (χ0n) is 16.8. The van der Waals surface area contributed by atoms with Gasteiger partial charge in [0.15, 0.2) is 16.7 Å². The fourth-order valence-corrected chi connectivity index (χ4v) is 4.02. The molecule has 2 aromatic rings. The third-order valence-electron chi connectivity index (χ3n) is 4.31. The fraction of sp³-hybridized carbons (Fsp3) is 0.273. The van der Waals surface area contributed by atoms with Crippen LogP contribution >= 0.6 is 11.8 Å². The van der Waals surface area contributed by atoms with Gasteiger partial charge in [-0.2, -0.15) is 8.78 Å². The van der Waals surface area contributed by atoms with Crippen molar-refractivity contribution in [3.05, 3.63) is 59.7 Å². The number of ether oxygens (including phenoxy) is 2. The standard InChI is InChI=1S/C22H22F2N2O3S/c1-14-6-4-8-17(12-14)25-22-26(13-15(2)30-22)19(27)11-10-16-7-5-9-18(28-3)20(16)29-21(23)24/h4-12,15,21H,13H2,1-3H3/b11-10+,25-22?. The first-order chi connectivity index (χ1) is 14.4. The van der Waals surface area contributed by atoms with Gasteiger partial charge in [0.2, 0.25) is 0 Å². The van der Waals surface area contributed by atoms with Gasteiger partial charge in [-0.1, -0.05) is 43.0 Å². The predicted molar refractivity (Wildman–Crippen MR) is 116 cm³/mol. The number of aliphatic imine (C=N–C) groups is 1. The van der Waals surface area contributed by atoms with E-state index in [0.717, 1.165) is 11.3 Å². The minimum atomic E-state index is -3.01. The minimum absolute atomic E-state index is 0.114. The van der Waals surface area contributed by atoms with Gasteiger partial charge in [-0.3, -0.25) is 9.69 Å². The molecule has 0 N–H and O–H groups in total. The number of benzene rings is 2. The molecule has 1 atom stereocenters. The van der Waals surface area contributed by atoms with E-state index in [1.54, 1.807) is 17.0 Å². The molecule has 1 saturated heterocycles. The Labute approximate surface area is 178 Å². The van der Waals surface area contributed by atoms with Crippen molar-refractivity contribution >= 4 is 34.6 Å². The van der Waals surface area contributed by atoms with Crippen LogP contribution in [0.25, 0.3) is 6.08 Å². The van der Waals surface area contributed by atoms with Crippen LogP contribution in [0.5, 0.6) is 11.5 Å². The summed E-state index contributed by atoms with van der Waals surface area (Å²) in [7, 11) is 1.36. The van der Waals surface area contributed by atoms with E-state index in [1.807, 2.05) is 38.1 Å². The van der Waals surface area contributed by atoms with Gasteiger partial charge >= 0.3 is 6.61 Å². The van der Waals surface area contributed by atoms with Crippen LogP contribution in [0.15, 0.2) is 53.5 Å². The molecule has 5 nitrogen and oxygen atoms in total. The second-order valence-electron chi connectivity index (χ2n) is 6.70. The molecule has 8 heteroatoms. The molecule has 1 heterocycles. The molecule has 1 aliphatic rings.